The van der Waals surface area contributed by atoms with E-state index in [2.05, 4.69) is 0 Å². The van der Waals surface area contributed by atoms with Crippen LogP contribution >= 0.6 is 11.6 Å². The molecule has 0 aliphatic heterocycles. The second-order valence-electron chi connectivity index (χ2n) is 4.15. The molecule has 0 radical (unpaired) electrons. The SMILES string of the molecule is CC(C)S(=O)(=O)CCOc1ccc(F)cc1CCl. The van der Waals surface area contributed by atoms with Crippen LogP contribution in [0.4, 0.5) is 4.39 Å². The van der Waals surface area contributed by atoms with E-state index >= 15 is 0 Å². The molecule has 0 saturated heterocycles. The molecule has 6 heteroatoms. The molecule has 1 aromatic carbocycles. The number of benzene rings is 1. The van der Waals surface area contributed by atoms with E-state index in [0.29, 0.717) is 11.3 Å². The molecule has 1 rings (SSSR count). The van der Waals surface area contributed by atoms with Crippen LogP contribution in [0.5, 0.6) is 5.75 Å². The van der Waals surface area contributed by atoms with Gasteiger partial charge in [0.05, 0.1) is 16.9 Å². The van der Waals surface area contributed by atoms with Gasteiger partial charge in [-0.2, -0.15) is 0 Å². The molecule has 0 aliphatic rings. The molecule has 0 amide bonds. The predicted molar refractivity (Wildman–Crippen MR) is 70.4 cm³/mol. The van der Waals surface area contributed by atoms with Crippen molar-refractivity contribution < 1.29 is 17.5 Å². The molecule has 102 valence electrons. The lowest BCUT2D eigenvalue weighted by atomic mass is 10.2. The Hall–Kier alpha value is -0.810. The fraction of sp³-hybridized carbons (Fsp3) is 0.500. The molecule has 0 saturated carbocycles. The molecule has 0 atom stereocenters. The number of ether oxygens (including phenoxy) is 1. The number of rotatable bonds is 6. The molecule has 0 aliphatic carbocycles. The lowest BCUT2D eigenvalue weighted by Crippen LogP contribution is -2.22. The molecule has 0 N–H and O–H groups in total. The minimum absolute atomic E-state index is 0.0377. The third-order valence-corrected chi connectivity index (χ3v) is 4.97. The van der Waals surface area contributed by atoms with Gasteiger partial charge in [-0.05, 0) is 32.0 Å². The molecule has 0 heterocycles. The zero-order valence-electron chi connectivity index (χ0n) is 10.3. The number of alkyl halides is 1. The summed E-state index contributed by atoms with van der Waals surface area (Å²) in [4.78, 5) is 0. The smallest absolute Gasteiger partial charge is 0.155 e. The van der Waals surface area contributed by atoms with Crippen molar-refractivity contribution in [1.82, 2.24) is 0 Å². The van der Waals surface area contributed by atoms with Gasteiger partial charge in [-0.25, -0.2) is 12.8 Å². The molecule has 3 nitrogen and oxygen atoms in total. The molecule has 0 spiro atoms. The van der Waals surface area contributed by atoms with Gasteiger partial charge >= 0.3 is 0 Å². The maximum Gasteiger partial charge on any atom is 0.155 e. The first-order valence-corrected chi connectivity index (χ1v) is 7.80. The van der Waals surface area contributed by atoms with Crippen molar-refractivity contribution in [3.8, 4) is 5.75 Å². The van der Waals surface area contributed by atoms with Crippen LogP contribution in [0.3, 0.4) is 0 Å². The predicted octanol–water partition coefficient (Wildman–Crippen LogP) is 2.77. The maximum atomic E-state index is 12.9. The summed E-state index contributed by atoms with van der Waals surface area (Å²) in [7, 11) is -3.13. The van der Waals surface area contributed by atoms with Crippen LogP contribution in [0.2, 0.25) is 0 Å². The van der Waals surface area contributed by atoms with Crippen LogP contribution in [-0.4, -0.2) is 26.0 Å². The largest absolute Gasteiger partial charge is 0.492 e. The topological polar surface area (TPSA) is 43.4 Å². The van der Waals surface area contributed by atoms with Crippen molar-refractivity contribution in [3.05, 3.63) is 29.6 Å². The molecule has 0 fully saturated rings. The molecule has 0 unspecified atom stereocenters. The Kier molecular flexibility index (Phi) is 5.41. The Morgan fingerprint density at radius 2 is 2.06 bits per heavy atom. The van der Waals surface area contributed by atoms with Crippen LogP contribution in [0.1, 0.15) is 19.4 Å². The second kappa shape index (κ2) is 6.38. The first-order chi connectivity index (χ1) is 8.36. The monoisotopic (exact) mass is 294 g/mol. The van der Waals surface area contributed by atoms with Gasteiger partial charge in [-0.3, -0.25) is 0 Å². The summed E-state index contributed by atoms with van der Waals surface area (Å²) >= 11 is 5.66. The van der Waals surface area contributed by atoms with Crippen molar-refractivity contribution in [2.45, 2.75) is 25.0 Å². The summed E-state index contributed by atoms with van der Waals surface area (Å²) in [6.45, 7) is 3.28. The first kappa shape index (κ1) is 15.2. The third kappa shape index (κ3) is 4.14. The van der Waals surface area contributed by atoms with Crippen molar-refractivity contribution in [2.24, 2.45) is 0 Å². The van der Waals surface area contributed by atoms with Crippen molar-refractivity contribution in [2.75, 3.05) is 12.4 Å². The van der Waals surface area contributed by atoms with Crippen LogP contribution in [-0.2, 0) is 15.7 Å². The molecular weight excluding hydrogens is 279 g/mol. The van der Waals surface area contributed by atoms with Gasteiger partial charge < -0.3 is 4.74 Å². The van der Waals surface area contributed by atoms with Crippen LogP contribution in [0.15, 0.2) is 18.2 Å². The summed E-state index contributed by atoms with van der Waals surface area (Å²) < 4.78 is 41.4. The summed E-state index contributed by atoms with van der Waals surface area (Å²) in [5, 5.41) is -0.429. The third-order valence-electron chi connectivity index (χ3n) is 2.51. The van der Waals surface area contributed by atoms with Crippen molar-refractivity contribution in [1.29, 1.82) is 0 Å². The Morgan fingerprint density at radius 1 is 1.39 bits per heavy atom. The standard InChI is InChI=1S/C12H16ClFO3S/c1-9(2)18(15,16)6-5-17-12-4-3-11(14)7-10(12)8-13/h3-4,7,9H,5-6,8H2,1-2H3. The summed E-state index contributed by atoms with van der Waals surface area (Å²) in [6, 6.07) is 3.98. The van der Waals surface area contributed by atoms with Gasteiger partial charge in [0.1, 0.15) is 18.2 Å². The van der Waals surface area contributed by atoms with E-state index in [1.54, 1.807) is 13.8 Å². The van der Waals surface area contributed by atoms with Gasteiger partial charge in [0.15, 0.2) is 9.84 Å². The Balaban J connectivity index is 2.65. The minimum Gasteiger partial charge on any atom is -0.492 e. The molecule has 0 aromatic heterocycles. The number of hydrogen-bond donors (Lipinski definition) is 0. The van der Waals surface area contributed by atoms with E-state index in [-0.39, 0.29) is 18.2 Å². The van der Waals surface area contributed by atoms with Gasteiger partial charge in [0, 0.05) is 5.56 Å². The van der Waals surface area contributed by atoms with Crippen LogP contribution < -0.4 is 4.74 Å². The Morgan fingerprint density at radius 3 is 2.61 bits per heavy atom. The van der Waals surface area contributed by atoms with Crippen molar-refractivity contribution >= 4 is 21.4 Å². The second-order valence-corrected chi connectivity index (χ2v) is 7.09. The number of sulfone groups is 1. The highest BCUT2D eigenvalue weighted by atomic mass is 35.5. The van der Waals surface area contributed by atoms with E-state index in [1.165, 1.54) is 18.2 Å². The summed E-state index contributed by atoms with van der Waals surface area (Å²) in [5.41, 5.74) is 0.513. The average Bonchev–Trinajstić information content (AvgIpc) is 2.30. The van der Waals surface area contributed by atoms with Gasteiger partial charge in [-0.15, -0.1) is 11.6 Å². The lowest BCUT2D eigenvalue weighted by Gasteiger charge is -2.11. The minimum atomic E-state index is -3.13. The highest BCUT2D eigenvalue weighted by Gasteiger charge is 2.16. The van der Waals surface area contributed by atoms with E-state index in [9.17, 15) is 12.8 Å². The van der Waals surface area contributed by atoms with E-state index in [1.807, 2.05) is 0 Å². The van der Waals surface area contributed by atoms with E-state index < -0.39 is 20.9 Å². The van der Waals surface area contributed by atoms with Crippen LogP contribution in [0.25, 0.3) is 0 Å². The zero-order chi connectivity index (χ0) is 13.8. The summed E-state index contributed by atoms with van der Waals surface area (Å²) in [6.07, 6.45) is 0. The maximum absolute atomic E-state index is 12.9. The van der Waals surface area contributed by atoms with Gasteiger partial charge in [0.25, 0.3) is 0 Å². The lowest BCUT2D eigenvalue weighted by molar-refractivity contribution is 0.337. The normalized spacial score (nSPS) is 11.8. The fourth-order valence-electron chi connectivity index (χ4n) is 1.30. The highest BCUT2D eigenvalue weighted by molar-refractivity contribution is 7.91. The quantitative estimate of drug-likeness (QED) is 0.758. The highest BCUT2D eigenvalue weighted by Crippen LogP contribution is 2.21. The Labute approximate surface area is 112 Å². The molecular formula is C12H16ClFO3S. The Bertz CT molecular complexity index is 500. The molecule has 18 heavy (non-hydrogen) atoms. The number of halogens is 2. The fourth-order valence-corrected chi connectivity index (χ4v) is 2.29. The average molecular weight is 295 g/mol. The number of hydrogen-bond acceptors (Lipinski definition) is 3. The first-order valence-electron chi connectivity index (χ1n) is 5.55. The van der Waals surface area contributed by atoms with Crippen molar-refractivity contribution in [3.63, 3.8) is 0 Å². The molecule has 1 aromatic rings. The van der Waals surface area contributed by atoms with Gasteiger partial charge in [-0.1, -0.05) is 0 Å². The van der Waals surface area contributed by atoms with E-state index in [0.717, 1.165) is 0 Å². The molecule has 0 bridgehead atoms. The zero-order valence-corrected chi connectivity index (χ0v) is 11.9. The van der Waals surface area contributed by atoms with E-state index in [4.69, 9.17) is 16.3 Å². The van der Waals surface area contributed by atoms with Crippen LogP contribution in [0, 0.1) is 5.82 Å². The summed E-state index contributed by atoms with van der Waals surface area (Å²) in [5.74, 6) is 0.0755. The van der Waals surface area contributed by atoms with Gasteiger partial charge in [0.2, 0.25) is 0 Å².